The molecule has 0 saturated carbocycles. The molecule has 0 aliphatic rings. The molecular formula is C14H11N3O6. The summed E-state index contributed by atoms with van der Waals surface area (Å²) >= 11 is 0. The van der Waals surface area contributed by atoms with Crippen LogP contribution in [0.15, 0.2) is 41.5 Å². The van der Waals surface area contributed by atoms with Crippen LogP contribution in [0, 0.1) is 10.1 Å². The summed E-state index contributed by atoms with van der Waals surface area (Å²) in [5, 5.41) is 42.3. The molecule has 0 aliphatic carbocycles. The molecule has 0 radical (unpaired) electrons. The Morgan fingerprint density at radius 3 is 2.39 bits per heavy atom. The fourth-order valence-electron chi connectivity index (χ4n) is 1.72. The number of hydrogen-bond acceptors (Lipinski definition) is 7. The standard InChI is InChI=1S/C14H11N3O6/c18-11-5-9(6-12(19)13(11)20)14(21)16-15-7-8-3-1-2-4-10(8)17(22)23/h1-7,18-20H,(H,16,21)/b15-7+. The molecule has 0 aliphatic heterocycles. The Hall–Kier alpha value is -3.62. The molecule has 0 fully saturated rings. The summed E-state index contributed by atoms with van der Waals surface area (Å²) in [6.45, 7) is 0. The number of hydrazone groups is 1. The van der Waals surface area contributed by atoms with Crippen LogP contribution in [0.3, 0.4) is 0 Å². The maximum Gasteiger partial charge on any atom is 0.278 e. The van der Waals surface area contributed by atoms with Crippen LogP contribution in [0.4, 0.5) is 5.69 Å². The fourth-order valence-corrected chi connectivity index (χ4v) is 1.72. The van der Waals surface area contributed by atoms with E-state index >= 15 is 0 Å². The third-order valence-corrected chi connectivity index (χ3v) is 2.84. The van der Waals surface area contributed by atoms with Crippen molar-refractivity contribution >= 4 is 17.8 Å². The van der Waals surface area contributed by atoms with Crippen molar-refractivity contribution in [1.29, 1.82) is 0 Å². The quantitative estimate of drug-likeness (QED) is 0.291. The summed E-state index contributed by atoms with van der Waals surface area (Å²) in [7, 11) is 0. The van der Waals surface area contributed by atoms with Gasteiger partial charge in [-0.25, -0.2) is 5.43 Å². The molecule has 4 N–H and O–H groups in total. The van der Waals surface area contributed by atoms with Crippen molar-refractivity contribution in [1.82, 2.24) is 5.43 Å². The number of nitrogens with one attached hydrogen (secondary N) is 1. The lowest BCUT2D eigenvalue weighted by Crippen LogP contribution is -2.17. The zero-order chi connectivity index (χ0) is 17.0. The first-order valence-corrected chi connectivity index (χ1v) is 6.22. The third kappa shape index (κ3) is 3.53. The molecule has 2 aromatic carbocycles. The first-order chi connectivity index (χ1) is 10.9. The Morgan fingerprint density at radius 1 is 1.17 bits per heavy atom. The molecule has 0 saturated heterocycles. The van der Waals surface area contributed by atoms with E-state index in [1.165, 1.54) is 18.2 Å². The predicted octanol–water partition coefficient (Wildman–Crippen LogP) is 1.48. The number of phenolic OH excluding ortho intramolecular Hbond substituents is 3. The van der Waals surface area contributed by atoms with E-state index < -0.39 is 28.1 Å². The van der Waals surface area contributed by atoms with Gasteiger partial charge in [0.1, 0.15) is 0 Å². The molecule has 0 atom stereocenters. The van der Waals surface area contributed by atoms with Crippen LogP contribution >= 0.6 is 0 Å². The van der Waals surface area contributed by atoms with Gasteiger partial charge < -0.3 is 15.3 Å². The molecule has 2 rings (SSSR count). The second-order valence-corrected chi connectivity index (χ2v) is 4.38. The van der Waals surface area contributed by atoms with Crippen molar-refractivity contribution in [3.8, 4) is 17.2 Å². The largest absolute Gasteiger partial charge is 0.504 e. The van der Waals surface area contributed by atoms with Gasteiger partial charge in [0.25, 0.3) is 11.6 Å². The van der Waals surface area contributed by atoms with Crippen LogP contribution in [0.5, 0.6) is 17.2 Å². The van der Waals surface area contributed by atoms with Crippen LogP contribution < -0.4 is 5.43 Å². The van der Waals surface area contributed by atoms with Crippen LogP contribution in [-0.4, -0.2) is 32.4 Å². The number of rotatable bonds is 4. The minimum absolute atomic E-state index is 0.155. The molecule has 9 heteroatoms. The number of carbonyl (C=O) groups is 1. The first kappa shape index (κ1) is 15.8. The molecule has 0 bridgehead atoms. The van der Waals surface area contributed by atoms with Crippen molar-refractivity contribution < 1.29 is 25.0 Å². The summed E-state index contributed by atoms with van der Waals surface area (Å²) in [6, 6.07) is 7.68. The molecule has 0 spiro atoms. The number of para-hydroxylation sites is 1. The maximum absolute atomic E-state index is 11.8. The first-order valence-electron chi connectivity index (χ1n) is 6.22. The summed E-state index contributed by atoms with van der Waals surface area (Å²) in [4.78, 5) is 22.0. The highest BCUT2D eigenvalue weighted by molar-refractivity contribution is 5.96. The van der Waals surface area contributed by atoms with Crippen LogP contribution in [0.1, 0.15) is 15.9 Å². The van der Waals surface area contributed by atoms with E-state index in [4.69, 9.17) is 0 Å². The van der Waals surface area contributed by atoms with Gasteiger partial charge in [-0.3, -0.25) is 14.9 Å². The normalized spacial score (nSPS) is 10.6. The molecule has 0 heterocycles. The number of amides is 1. The van der Waals surface area contributed by atoms with Crippen molar-refractivity contribution in [3.05, 3.63) is 57.6 Å². The van der Waals surface area contributed by atoms with Gasteiger partial charge in [-0.2, -0.15) is 5.10 Å². The summed E-state index contributed by atoms with van der Waals surface area (Å²) < 4.78 is 0. The van der Waals surface area contributed by atoms with Crippen molar-refractivity contribution in [3.63, 3.8) is 0 Å². The topological polar surface area (TPSA) is 145 Å². The number of nitro benzene ring substituents is 1. The minimum Gasteiger partial charge on any atom is -0.504 e. The summed E-state index contributed by atoms with van der Waals surface area (Å²) in [5.74, 6) is -2.87. The molecule has 2 aromatic rings. The number of aromatic hydroxyl groups is 3. The number of phenols is 3. The van der Waals surface area contributed by atoms with Gasteiger partial charge in [0, 0.05) is 11.6 Å². The van der Waals surface area contributed by atoms with Crippen LogP contribution in [0.2, 0.25) is 0 Å². The van der Waals surface area contributed by atoms with Gasteiger partial charge in [-0.1, -0.05) is 12.1 Å². The summed E-state index contributed by atoms with van der Waals surface area (Å²) in [6.07, 6.45) is 1.09. The van der Waals surface area contributed by atoms with E-state index in [9.17, 15) is 30.2 Å². The van der Waals surface area contributed by atoms with Gasteiger partial charge >= 0.3 is 0 Å². The van der Waals surface area contributed by atoms with Gasteiger partial charge in [0.05, 0.1) is 16.7 Å². The average molecular weight is 317 g/mol. The Labute approximate surface area is 129 Å². The van der Waals surface area contributed by atoms with Crippen molar-refractivity contribution in [2.45, 2.75) is 0 Å². The molecule has 0 unspecified atom stereocenters. The van der Waals surface area contributed by atoms with Gasteiger partial charge in [-0.15, -0.1) is 0 Å². The van der Waals surface area contributed by atoms with Gasteiger partial charge in [-0.05, 0) is 18.2 Å². The Balaban J connectivity index is 2.15. The number of carbonyl (C=O) groups excluding carboxylic acids is 1. The summed E-state index contributed by atoms with van der Waals surface area (Å²) in [5.41, 5.74) is 1.95. The van der Waals surface area contributed by atoms with Crippen LogP contribution in [0.25, 0.3) is 0 Å². The monoisotopic (exact) mass is 317 g/mol. The second-order valence-electron chi connectivity index (χ2n) is 4.38. The lowest BCUT2D eigenvalue weighted by molar-refractivity contribution is -0.385. The average Bonchev–Trinajstić information content (AvgIpc) is 2.52. The highest BCUT2D eigenvalue weighted by Crippen LogP contribution is 2.35. The third-order valence-electron chi connectivity index (χ3n) is 2.84. The highest BCUT2D eigenvalue weighted by Gasteiger charge is 2.13. The van der Waals surface area contributed by atoms with Gasteiger partial charge in [0.15, 0.2) is 17.2 Å². The Morgan fingerprint density at radius 2 is 1.78 bits per heavy atom. The molecule has 1 amide bonds. The van der Waals surface area contributed by atoms with E-state index in [1.807, 2.05) is 0 Å². The van der Waals surface area contributed by atoms with E-state index in [0.29, 0.717) is 0 Å². The minimum atomic E-state index is -0.787. The van der Waals surface area contributed by atoms with Gasteiger partial charge in [0.2, 0.25) is 0 Å². The molecule has 118 valence electrons. The lowest BCUT2D eigenvalue weighted by Gasteiger charge is -2.04. The van der Waals surface area contributed by atoms with Crippen LogP contribution in [-0.2, 0) is 0 Å². The van der Waals surface area contributed by atoms with E-state index in [2.05, 4.69) is 10.5 Å². The Kier molecular flexibility index (Phi) is 4.41. The lowest BCUT2D eigenvalue weighted by atomic mass is 10.2. The zero-order valence-corrected chi connectivity index (χ0v) is 11.5. The number of hydrogen-bond donors (Lipinski definition) is 4. The SMILES string of the molecule is O=C(N/N=C/c1ccccc1[N+](=O)[O-])c1cc(O)c(O)c(O)c1. The molecular weight excluding hydrogens is 306 g/mol. The maximum atomic E-state index is 11.8. The van der Waals surface area contributed by atoms with Crippen molar-refractivity contribution in [2.75, 3.05) is 0 Å². The van der Waals surface area contributed by atoms with Crippen molar-refractivity contribution in [2.24, 2.45) is 5.10 Å². The predicted molar refractivity (Wildman–Crippen MR) is 79.6 cm³/mol. The van der Waals surface area contributed by atoms with E-state index in [-0.39, 0.29) is 16.8 Å². The van der Waals surface area contributed by atoms with E-state index in [0.717, 1.165) is 18.3 Å². The second kappa shape index (κ2) is 6.43. The number of nitro groups is 1. The smallest absolute Gasteiger partial charge is 0.278 e. The zero-order valence-electron chi connectivity index (χ0n) is 11.5. The highest BCUT2D eigenvalue weighted by atomic mass is 16.6. The van der Waals surface area contributed by atoms with E-state index in [1.54, 1.807) is 6.07 Å². The fraction of sp³-hybridized carbons (Fsp3) is 0. The Bertz CT molecular complexity index is 780. The molecule has 9 nitrogen and oxygen atoms in total. The number of benzene rings is 2. The number of nitrogens with zero attached hydrogens (tertiary/aromatic N) is 2. The molecule has 0 aromatic heterocycles. The molecule has 23 heavy (non-hydrogen) atoms.